The second kappa shape index (κ2) is 3710. The van der Waals surface area contributed by atoms with Gasteiger partial charge in [0.15, 0.2) is 0 Å². The van der Waals surface area contributed by atoms with E-state index in [2.05, 4.69) is 74.7 Å². The van der Waals surface area contributed by atoms with Crippen LogP contribution in [0.3, 0.4) is 0 Å². The van der Waals surface area contributed by atoms with E-state index in [0.717, 1.165) is 0 Å². The summed E-state index contributed by atoms with van der Waals surface area (Å²) in [6.45, 7) is 35.8. The molecule has 14 heteroatoms. The Morgan fingerprint density at radius 1 is 0.192 bits per heavy atom. The van der Waals surface area contributed by atoms with Gasteiger partial charge in [-0.25, -0.2) is 0 Å². The van der Waals surface area contributed by atoms with Crippen LogP contribution in [-0.4, -0.2) is 74.7 Å². The summed E-state index contributed by atoms with van der Waals surface area (Å²) in [6, 6.07) is 0. The zero-order valence-electron chi connectivity index (χ0n) is 12.9. The number of carbonyl (C=O) groups excluding carboxylic acids is 11. The van der Waals surface area contributed by atoms with Crippen molar-refractivity contribution < 1.29 is 111 Å². The molecule has 0 aromatic carbocycles. The summed E-state index contributed by atoms with van der Waals surface area (Å²) in [6.07, 6.45) is 0. The van der Waals surface area contributed by atoms with E-state index >= 15 is 0 Å². The molecule has 0 radical (unpaired) electrons. The van der Waals surface area contributed by atoms with Crippen molar-refractivity contribution in [2.45, 2.75) is 0 Å². The van der Waals surface area contributed by atoms with E-state index in [0.29, 0.717) is 0 Å². The van der Waals surface area contributed by atoms with E-state index in [-0.39, 0.29) is 65.9 Å². The molecule has 0 N–H and O–H groups in total. The molecule has 0 aromatic rings. The summed E-state index contributed by atoms with van der Waals surface area (Å²) in [7, 11) is 0. The van der Waals surface area contributed by atoms with Gasteiger partial charge >= 0.3 is 58.4 Å². The Labute approximate surface area is 192 Å². The first kappa shape index (κ1) is 153. The van der Waals surface area contributed by atoms with Gasteiger partial charge in [0.1, 0.15) is 0 Å². The van der Waals surface area contributed by atoms with Gasteiger partial charge in [-0.3, -0.25) is 74.7 Å². The van der Waals surface area contributed by atoms with Crippen molar-refractivity contribution in [2.24, 2.45) is 0 Å². The van der Waals surface area contributed by atoms with Crippen molar-refractivity contribution in [3.8, 4) is 0 Å². The van der Waals surface area contributed by atoms with Crippen LogP contribution < -0.4 is 0 Å². The van der Waals surface area contributed by atoms with Crippen molar-refractivity contribution in [1.82, 2.24) is 0 Å². The Morgan fingerprint density at radius 3 is 0.192 bits per heavy atom. The predicted molar refractivity (Wildman–Crippen MR) is 80.7 cm³/mol. The van der Waals surface area contributed by atoms with Gasteiger partial charge in [-0.05, 0) is 0 Å². The van der Waals surface area contributed by atoms with E-state index in [4.69, 9.17) is 52.7 Å². The molecule has 0 aliphatic rings. The molecule has 0 heterocycles. The Kier molecular flexibility index (Phi) is 21900. The molecule has 0 atom stereocenters. The summed E-state index contributed by atoms with van der Waals surface area (Å²) < 4.78 is 0. The summed E-state index contributed by atoms with van der Waals surface area (Å²) in [5.74, 6) is 0. The Morgan fingerprint density at radius 2 is 0.192 bits per heavy atom. The largest absolute Gasteiger partial charge is 4.00 e. The number of hydrogen-bond acceptors (Lipinski definition) is 11. The molecule has 0 fully saturated rings. The van der Waals surface area contributed by atoms with Crippen molar-refractivity contribution >= 4 is 74.7 Å². The maximum absolute atomic E-state index is 7.75. The number of hydrogen-bond donors (Lipinski definition) is 0. The molecule has 11 nitrogen and oxygen atoms in total. The van der Waals surface area contributed by atoms with Crippen molar-refractivity contribution in [2.75, 3.05) is 0 Å². The first-order valence-electron chi connectivity index (χ1n) is 2.59. The third-order valence-corrected chi connectivity index (χ3v) is 0. The molecule has 0 saturated carbocycles. The first-order chi connectivity index (χ1) is 11.0. The fourth-order valence-corrected chi connectivity index (χ4v) is 0. The molecule has 0 aliphatic carbocycles. The van der Waals surface area contributed by atoms with E-state index in [1.54, 1.807) is 0 Å². The molecule has 0 spiro atoms. The molecule has 0 rings (SSSR count). The smallest absolute Gasteiger partial charge is 0.545 e. The van der Waals surface area contributed by atoms with Gasteiger partial charge < -0.3 is 60.2 Å². The molecule has 152 valence electrons. The van der Waals surface area contributed by atoms with Gasteiger partial charge in [-0.2, -0.15) is 0 Å². The third kappa shape index (κ3) is 3240. The van der Waals surface area contributed by atoms with Gasteiger partial charge in [-0.15, -0.1) is 0 Å². The molecule has 0 aromatic heterocycles. The quantitative estimate of drug-likeness (QED) is 0.154. The fourth-order valence-electron chi connectivity index (χ4n) is 0. The Hall–Kier alpha value is -1.76. The SMILES string of the molecule is [CH-]=O.[CH-]=O.[CH-]=O.[CH-]=O.[CH-]=O.[CH-]=O.[CH-]=O.[CH-]=O.[CH-]=O.[CH-]=O.[CH-]=O.[CH3-].[Ru+4].[Ru+4].[Ru+4]. The Balaban J connectivity index is -0.00000000388. The van der Waals surface area contributed by atoms with Gasteiger partial charge in [0.25, 0.3) is 0 Å². The third-order valence-electron chi connectivity index (χ3n) is 0. The molecule has 0 saturated heterocycles. The van der Waals surface area contributed by atoms with Crippen LogP contribution in [-0.2, 0) is 111 Å². The molecular weight excluding hydrogens is 623 g/mol. The second-order valence-electron chi connectivity index (χ2n) is 0. The zero-order valence-corrected chi connectivity index (χ0v) is 18.1. The van der Waals surface area contributed by atoms with E-state index in [1.165, 1.54) is 0 Å². The summed E-state index contributed by atoms with van der Waals surface area (Å²) >= 11 is 0. The predicted octanol–water partition coefficient (Wildman–Crippen LogP) is -2.57. The van der Waals surface area contributed by atoms with E-state index < -0.39 is 0 Å². The van der Waals surface area contributed by atoms with Crippen LogP contribution in [0.5, 0.6) is 0 Å². The van der Waals surface area contributed by atoms with Crippen LogP contribution in [0.4, 0.5) is 0 Å². The fraction of sp³-hybridized carbons (Fsp3) is 0. The van der Waals surface area contributed by atoms with Crippen LogP contribution >= 0.6 is 0 Å². The van der Waals surface area contributed by atoms with Gasteiger partial charge in [-0.1, -0.05) is 0 Å². The summed E-state index contributed by atoms with van der Waals surface area (Å²) in [5.41, 5.74) is 0. The molecular formula is C12H14O11Ru3. The normalized spacial score (nSPS) is 1.69. The van der Waals surface area contributed by atoms with Crippen molar-refractivity contribution in [3.63, 3.8) is 0 Å². The van der Waals surface area contributed by atoms with Crippen molar-refractivity contribution in [1.29, 1.82) is 0 Å². The zero-order chi connectivity index (χ0) is 22.0. The summed E-state index contributed by atoms with van der Waals surface area (Å²) in [5, 5.41) is 0. The maximum Gasteiger partial charge on any atom is 4.00 e. The standard InChI is InChI=1S/11CHO.CH3.3Ru/c11*1-2;;;;/h11*1H;1H3;;;/q12*-1;3*+4. The second-order valence-corrected chi connectivity index (χ2v) is 0. The minimum Gasteiger partial charge on any atom is -0.545 e. The Bertz CT molecular complexity index is 74.4. The molecule has 26 heavy (non-hydrogen) atoms. The molecule has 0 unspecified atom stereocenters. The maximum atomic E-state index is 7.75. The minimum absolute atomic E-state index is 0. The van der Waals surface area contributed by atoms with Gasteiger partial charge in [0.2, 0.25) is 0 Å². The average Bonchev–Trinajstić information content (AvgIpc) is 2.78. The minimum atomic E-state index is 0. The van der Waals surface area contributed by atoms with E-state index in [1.807, 2.05) is 0 Å². The molecule has 0 amide bonds. The van der Waals surface area contributed by atoms with Gasteiger partial charge in [0.05, 0.1) is 0 Å². The van der Waals surface area contributed by atoms with Crippen molar-refractivity contribution in [3.05, 3.63) is 7.43 Å². The molecule has 0 aliphatic heterocycles. The van der Waals surface area contributed by atoms with Gasteiger partial charge in [0, 0.05) is 0 Å². The number of rotatable bonds is 0. The van der Waals surface area contributed by atoms with Crippen LogP contribution in [0.15, 0.2) is 0 Å². The van der Waals surface area contributed by atoms with Crippen LogP contribution in [0.2, 0.25) is 0 Å². The van der Waals surface area contributed by atoms with E-state index in [9.17, 15) is 0 Å². The van der Waals surface area contributed by atoms with Crippen LogP contribution in [0.25, 0.3) is 0 Å². The summed E-state index contributed by atoms with van der Waals surface area (Å²) in [4.78, 5) is 85.2. The topological polar surface area (TPSA) is 188 Å². The van der Waals surface area contributed by atoms with Crippen LogP contribution in [0, 0.1) is 7.43 Å². The monoisotopic (exact) mass is 640 g/mol. The molecule has 0 bridgehead atoms. The first-order valence-corrected chi connectivity index (χ1v) is 2.59. The van der Waals surface area contributed by atoms with Crippen LogP contribution in [0.1, 0.15) is 0 Å². The average molecular weight is 637 g/mol.